The van der Waals surface area contributed by atoms with Gasteiger partial charge in [0.05, 0.1) is 6.33 Å². The zero-order valence-electron chi connectivity index (χ0n) is 15.5. The topological polar surface area (TPSA) is 132 Å². The third kappa shape index (κ3) is 4.43. The Morgan fingerprint density at radius 3 is 2.41 bits per heavy atom. The van der Waals surface area contributed by atoms with E-state index in [2.05, 4.69) is 15.0 Å². The molecular weight excluding hydrogens is 415 g/mol. The third-order valence-electron chi connectivity index (χ3n) is 3.97. The second-order valence-corrected chi connectivity index (χ2v) is 6.48. The fraction of sp³-hybridized carbons (Fsp3) is 0.500. The van der Waals surface area contributed by atoms with E-state index in [1.807, 2.05) is 0 Å². The van der Waals surface area contributed by atoms with E-state index in [0.717, 1.165) is 13.8 Å². The van der Waals surface area contributed by atoms with Crippen LogP contribution in [0.25, 0.3) is 11.2 Å². The second-order valence-electron chi connectivity index (χ2n) is 6.12. The number of fused-ring (bicyclic) bond motifs is 1. The number of hydrogen-bond donors (Lipinski definition) is 0. The number of rotatable bonds is 5. The molecule has 0 radical (unpaired) electrons. The molecule has 0 N–H and O–H groups in total. The lowest BCUT2D eigenvalue weighted by Gasteiger charge is -2.23. The van der Waals surface area contributed by atoms with Crippen LogP contribution in [0.15, 0.2) is 6.33 Å². The Balaban J connectivity index is 2.04. The van der Waals surface area contributed by atoms with Gasteiger partial charge < -0.3 is 18.9 Å². The fourth-order valence-corrected chi connectivity index (χ4v) is 3.16. The first kappa shape index (κ1) is 20.9. The van der Waals surface area contributed by atoms with Crippen molar-refractivity contribution in [3.8, 4) is 0 Å². The van der Waals surface area contributed by atoms with Crippen molar-refractivity contribution in [2.75, 3.05) is 6.61 Å². The quantitative estimate of drug-likeness (QED) is 0.292. The standard InChI is InChI=1S/C16H16ClFN4O7/c1-6(23)26-4-9-11(27-7(2)24)12(28-8(3)25)15(29-9)22-5-19-10-13(17)20-16(18)21-14(10)22/h5,9,11-12,15H,4H2,1-3H3/t9-,11-,12-,15-/m1/s1. The number of esters is 3. The van der Waals surface area contributed by atoms with Crippen molar-refractivity contribution in [2.45, 2.75) is 45.3 Å². The summed E-state index contributed by atoms with van der Waals surface area (Å²) in [6.07, 6.45) is -4.23. The summed E-state index contributed by atoms with van der Waals surface area (Å²) in [6.45, 7) is 3.24. The summed E-state index contributed by atoms with van der Waals surface area (Å²) < 4.78 is 36.3. The van der Waals surface area contributed by atoms with Crippen LogP contribution in [-0.4, -0.2) is 62.3 Å². The average molecular weight is 431 g/mol. The maximum absolute atomic E-state index is 13.7. The minimum absolute atomic E-state index is 0.0284. The van der Waals surface area contributed by atoms with Gasteiger partial charge in [-0.25, -0.2) is 4.98 Å². The van der Waals surface area contributed by atoms with Gasteiger partial charge in [-0.15, -0.1) is 0 Å². The molecule has 1 aliphatic heterocycles. The van der Waals surface area contributed by atoms with Crippen LogP contribution in [-0.2, 0) is 33.3 Å². The molecule has 156 valence electrons. The first-order valence-electron chi connectivity index (χ1n) is 8.36. The number of nitrogens with zero attached hydrogens (tertiary/aromatic N) is 4. The van der Waals surface area contributed by atoms with E-state index in [4.69, 9.17) is 30.5 Å². The Bertz CT molecular complexity index is 968. The highest BCUT2D eigenvalue weighted by molar-refractivity contribution is 6.33. The first-order valence-corrected chi connectivity index (χ1v) is 8.74. The van der Waals surface area contributed by atoms with Crippen LogP contribution in [0.2, 0.25) is 5.15 Å². The smallest absolute Gasteiger partial charge is 0.312 e. The molecule has 0 bridgehead atoms. The van der Waals surface area contributed by atoms with Gasteiger partial charge in [-0.1, -0.05) is 11.6 Å². The highest BCUT2D eigenvalue weighted by Gasteiger charge is 2.51. The summed E-state index contributed by atoms with van der Waals surface area (Å²) in [5.41, 5.74) is 0.0603. The van der Waals surface area contributed by atoms with Crippen molar-refractivity contribution in [2.24, 2.45) is 0 Å². The second kappa shape index (κ2) is 8.25. The largest absolute Gasteiger partial charge is 0.463 e. The third-order valence-corrected chi connectivity index (χ3v) is 4.23. The van der Waals surface area contributed by atoms with Gasteiger partial charge in [0.25, 0.3) is 0 Å². The molecule has 29 heavy (non-hydrogen) atoms. The molecule has 2 aromatic rings. The monoisotopic (exact) mass is 430 g/mol. The molecule has 0 saturated carbocycles. The Morgan fingerprint density at radius 1 is 1.14 bits per heavy atom. The summed E-state index contributed by atoms with van der Waals surface area (Å²) in [5, 5.41) is -0.221. The Morgan fingerprint density at radius 2 is 1.79 bits per heavy atom. The molecule has 1 aliphatic rings. The summed E-state index contributed by atoms with van der Waals surface area (Å²) in [4.78, 5) is 45.5. The number of carbonyl (C=O) groups excluding carboxylic acids is 3. The minimum atomic E-state index is -1.16. The number of aromatic nitrogens is 4. The van der Waals surface area contributed by atoms with Crippen LogP contribution in [0, 0.1) is 6.08 Å². The Labute approximate surface area is 168 Å². The SMILES string of the molecule is CC(=O)OC[C@H]1O[C@@H](n2cnc3c(Cl)nc(F)nc32)[C@H](OC(C)=O)[C@@H]1OC(C)=O. The molecule has 4 atom stereocenters. The molecule has 0 amide bonds. The summed E-state index contributed by atoms with van der Waals surface area (Å²) in [6, 6.07) is 0. The van der Waals surface area contributed by atoms with Gasteiger partial charge in [0.1, 0.15) is 18.2 Å². The van der Waals surface area contributed by atoms with E-state index in [-0.39, 0.29) is 22.9 Å². The van der Waals surface area contributed by atoms with Crippen LogP contribution < -0.4 is 0 Å². The lowest BCUT2D eigenvalue weighted by atomic mass is 10.1. The zero-order valence-corrected chi connectivity index (χ0v) is 16.3. The molecule has 11 nitrogen and oxygen atoms in total. The first-order chi connectivity index (χ1) is 13.7. The van der Waals surface area contributed by atoms with Gasteiger partial charge in [0.15, 0.2) is 29.2 Å². The average Bonchev–Trinajstić information content (AvgIpc) is 3.15. The molecule has 0 unspecified atom stereocenters. The van der Waals surface area contributed by atoms with Gasteiger partial charge in [-0.2, -0.15) is 14.4 Å². The molecule has 3 rings (SSSR count). The number of hydrogen-bond acceptors (Lipinski definition) is 10. The molecule has 1 fully saturated rings. The summed E-state index contributed by atoms with van der Waals surface area (Å²) >= 11 is 5.89. The van der Waals surface area contributed by atoms with Crippen LogP contribution in [0.5, 0.6) is 0 Å². The van der Waals surface area contributed by atoms with Crippen LogP contribution in [0.1, 0.15) is 27.0 Å². The minimum Gasteiger partial charge on any atom is -0.463 e. The van der Waals surface area contributed by atoms with Gasteiger partial charge in [-0.05, 0) is 0 Å². The van der Waals surface area contributed by atoms with E-state index < -0.39 is 48.5 Å². The lowest BCUT2D eigenvalue weighted by Crippen LogP contribution is -2.40. The van der Waals surface area contributed by atoms with Gasteiger partial charge in [-0.3, -0.25) is 19.0 Å². The molecule has 0 aliphatic carbocycles. The molecule has 0 aromatic carbocycles. The number of halogens is 2. The molecule has 0 spiro atoms. The van der Waals surface area contributed by atoms with Crippen molar-refractivity contribution >= 4 is 40.7 Å². The van der Waals surface area contributed by atoms with Crippen LogP contribution >= 0.6 is 11.6 Å². The van der Waals surface area contributed by atoms with E-state index in [1.165, 1.54) is 17.8 Å². The Kier molecular flexibility index (Phi) is 5.94. The number of imidazole rings is 1. The number of ether oxygens (including phenoxy) is 4. The molecule has 1 saturated heterocycles. The van der Waals surface area contributed by atoms with Gasteiger partial charge in [0.2, 0.25) is 0 Å². The van der Waals surface area contributed by atoms with Gasteiger partial charge in [0, 0.05) is 20.8 Å². The Hall–Kier alpha value is -2.86. The normalized spacial score (nSPS) is 23.8. The molecular formula is C16H16ClFN4O7. The maximum atomic E-state index is 13.7. The molecule has 13 heteroatoms. The highest BCUT2D eigenvalue weighted by atomic mass is 35.5. The predicted molar refractivity (Wildman–Crippen MR) is 91.9 cm³/mol. The van der Waals surface area contributed by atoms with Crippen molar-refractivity contribution in [3.63, 3.8) is 0 Å². The zero-order chi connectivity index (χ0) is 21.3. The van der Waals surface area contributed by atoms with E-state index in [1.54, 1.807) is 0 Å². The summed E-state index contributed by atoms with van der Waals surface area (Å²) in [7, 11) is 0. The summed E-state index contributed by atoms with van der Waals surface area (Å²) in [5.74, 6) is -1.94. The van der Waals surface area contributed by atoms with Crippen LogP contribution in [0.3, 0.4) is 0 Å². The number of carbonyl (C=O) groups is 3. The van der Waals surface area contributed by atoms with E-state index >= 15 is 0 Å². The maximum Gasteiger partial charge on any atom is 0.312 e. The molecule has 3 heterocycles. The van der Waals surface area contributed by atoms with Gasteiger partial charge >= 0.3 is 24.0 Å². The molecule has 2 aromatic heterocycles. The lowest BCUT2D eigenvalue weighted by molar-refractivity contribution is -0.166. The van der Waals surface area contributed by atoms with Crippen molar-refractivity contribution in [1.29, 1.82) is 0 Å². The van der Waals surface area contributed by atoms with E-state index in [9.17, 15) is 18.8 Å². The van der Waals surface area contributed by atoms with Crippen LogP contribution in [0.4, 0.5) is 4.39 Å². The predicted octanol–water partition coefficient (Wildman–Crippen LogP) is 0.943. The van der Waals surface area contributed by atoms with Crippen molar-refractivity contribution in [3.05, 3.63) is 17.6 Å². The fourth-order valence-electron chi connectivity index (χ4n) is 2.96. The van der Waals surface area contributed by atoms with E-state index in [0.29, 0.717) is 0 Å². The van der Waals surface area contributed by atoms with Crippen molar-refractivity contribution < 1.29 is 37.7 Å². The van der Waals surface area contributed by atoms with Crippen molar-refractivity contribution in [1.82, 2.24) is 19.5 Å². The highest BCUT2D eigenvalue weighted by Crippen LogP contribution is 2.36.